The molecule has 2 unspecified atom stereocenters. The summed E-state index contributed by atoms with van der Waals surface area (Å²) in [5.74, 6) is -1.38. The minimum Gasteiger partial charge on any atom is -0.459 e. The molecule has 1 heterocycles. The predicted octanol–water partition coefficient (Wildman–Crippen LogP) is 2.12. The molecule has 1 fully saturated rings. The highest BCUT2D eigenvalue weighted by Gasteiger charge is 2.47. The first-order valence-electron chi connectivity index (χ1n) is 8.02. The van der Waals surface area contributed by atoms with Crippen molar-refractivity contribution < 1.29 is 33.3 Å². The van der Waals surface area contributed by atoms with Crippen LogP contribution in [0.15, 0.2) is 60.7 Å². The third-order valence-corrected chi connectivity index (χ3v) is 3.91. The molecule has 7 heteroatoms. The lowest BCUT2D eigenvalue weighted by Crippen LogP contribution is -2.37. The number of aliphatic hydroxyl groups is 1. The van der Waals surface area contributed by atoms with Gasteiger partial charge in [-0.25, -0.2) is 14.0 Å². The Balaban J connectivity index is 1.63. The van der Waals surface area contributed by atoms with Crippen molar-refractivity contribution in [3.05, 3.63) is 71.8 Å². The first kappa shape index (κ1) is 18.0. The lowest BCUT2D eigenvalue weighted by Gasteiger charge is -2.19. The molecule has 136 valence electrons. The lowest BCUT2D eigenvalue weighted by atomic mass is 10.1. The minimum absolute atomic E-state index is 0.237. The van der Waals surface area contributed by atoms with Gasteiger partial charge in [0.1, 0.15) is 12.7 Å². The molecule has 0 aliphatic carbocycles. The topological polar surface area (TPSA) is 82.1 Å². The SMILES string of the molecule is O=C(OC[C@H]1O[C@@H](O)C(F)C1OC(=O)c1ccccc1)c1ccccc1. The number of benzene rings is 2. The second kappa shape index (κ2) is 8.07. The second-order valence-electron chi connectivity index (χ2n) is 5.71. The number of ether oxygens (including phenoxy) is 3. The fraction of sp³-hybridized carbons (Fsp3) is 0.263. The van der Waals surface area contributed by atoms with Gasteiger partial charge in [0.05, 0.1) is 11.1 Å². The van der Waals surface area contributed by atoms with E-state index in [9.17, 15) is 19.1 Å². The van der Waals surface area contributed by atoms with E-state index in [1.165, 1.54) is 12.1 Å². The average Bonchev–Trinajstić information content (AvgIpc) is 2.95. The van der Waals surface area contributed by atoms with Crippen LogP contribution in [0.1, 0.15) is 20.7 Å². The highest BCUT2D eigenvalue weighted by Crippen LogP contribution is 2.26. The Bertz CT molecular complexity index is 751. The minimum atomic E-state index is -1.94. The molecule has 4 atom stereocenters. The van der Waals surface area contributed by atoms with Crippen LogP contribution in [0.4, 0.5) is 4.39 Å². The van der Waals surface area contributed by atoms with Gasteiger partial charge in [-0.15, -0.1) is 0 Å². The Kier molecular flexibility index (Phi) is 5.60. The highest BCUT2D eigenvalue weighted by molar-refractivity contribution is 5.90. The summed E-state index contributed by atoms with van der Waals surface area (Å²) in [4.78, 5) is 24.1. The van der Waals surface area contributed by atoms with Crippen molar-refractivity contribution in [2.45, 2.75) is 24.7 Å². The van der Waals surface area contributed by atoms with Crippen molar-refractivity contribution >= 4 is 11.9 Å². The predicted molar refractivity (Wildman–Crippen MR) is 88.1 cm³/mol. The standard InChI is InChI=1S/C19H17FO6/c20-15-16(26-18(22)13-9-5-2-6-10-13)14(25-19(15)23)11-24-17(21)12-7-3-1-4-8-12/h1-10,14-16,19,23H,11H2/t14-,15?,16?,19-/m1/s1. The number of carbonyl (C=O) groups excluding carboxylic acids is 2. The smallest absolute Gasteiger partial charge is 0.338 e. The Labute approximate surface area is 149 Å². The molecule has 0 spiro atoms. The fourth-order valence-corrected chi connectivity index (χ4v) is 2.56. The average molecular weight is 360 g/mol. The van der Waals surface area contributed by atoms with E-state index in [-0.39, 0.29) is 12.2 Å². The van der Waals surface area contributed by atoms with Crippen LogP contribution in [-0.4, -0.2) is 48.3 Å². The van der Waals surface area contributed by atoms with E-state index in [4.69, 9.17) is 14.2 Å². The maximum absolute atomic E-state index is 14.2. The zero-order chi connectivity index (χ0) is 18.5. The van der Waals surface area contributed by atoms with Gasteiger partial charge in [-0.05, 0) is 24.3 Å². The van der Waals surface area contributed by atoms with E-state index in [1.807, 2.05) is 0 Å². The molecule has 2 aromatic rings. The van der Waals surface area contributed by atoms with E-state index in [1.54, 1.807) is 48.5 Å². The van der Waals surface area contributed by atoms with Crippen LogP contribution in [0.25, 0.3) is 0 Å². The molecule has 0 amide bonds. The molecule has 26 heavy (non-hydrogen) atoms. The van der Waals surface area contributed by atoms with Gasteiger partial charge in [-0.2, -0.15) is 0 Å². The number of aliphatic hydroxyl groups excluding tert-OH is 1. The zero-order valence-corrected chi connectivity index (χ0v) is 13.7. The Morgan fingerprint density at radius 2 is 1.50 bits per heavy atom. The van der Waals surface area contributed by atoms with Gasteiger partial charge in [0.15, 0.2) is 18.6 Å². The van der Waals surface area contributed by atoms with Crippen molar-refractivity contribution in [2.75, 3.05) is 6.61 Å². The van der Waals surface area contributed by atoms with Crippen LogP contribution in [-0.2, 0) is 14.2 Å². The summed E-state index contributed by atoms with van der Waals surface area (Å²) in [7, 11) is 0. The number of alkyl halides is 1. The van der Waals surface area contributed by atoms with Crippen molar-refractivity contribution in [1.29, 1.82) is 0 Å². The maximum Gasteiger partial charge on any atom is 0.338 e. The van der Waals surface area contributed by atoms with Crippen LogP contribution >= 0.6 is 0 Å². The van der Waals surface area contributed by atoms with E-state index in [2.05, 4.69) is 0 Å². The second-order valence-corrected chi connectivity index (χ2v) is 5.71. The third-order valence-electron chi connectivity index (χ3n) is 3.91. The molecule has 3 rings (SSSR count). The van der Waals surface area contributed by atoms with Crippen LogP contribution in [0.2, 0.25) is 0 Å². The lowest BCUT2D eigenvalue weighted by molar-refractivity contribution is -0.122. The number of hydrogen-bond donors (Lipinski definition) is 1. The van der Waals surface area contributed by atoms with Gasteiger partial charge >= 0.3 is 11.9 Å². The summed E-state index contributed by atoms with van der Waals surface area (Å²) in [6.45, 7) is -0.363. The van der Waals surface area contributed by atoms with Crippen LogP contribution in [0.5, 0.6) is 0 Å². The molecule has 1 saturated heterocycles. The van der Waals surface area contributed by atoms with E-state index in [0.717, 1.165) is 0 Å². The van der Waals surface area contributed by atoms with Gasteiger partial charge in [0, 0.05) is 0 Å². The first-order valence-corrected chi connectivity index (χ1v) is 8.02. The molecule has 1 aliphatic heterocycles. The Morgan fingerprint density at radius 1 is 0.962 bits per heavy atom. The molecular weight excluding hydrogens is 343 g/mol. The molecule has 0 radical (unpaired) electrons. The van der Waals surface area contributed by atoms with Crippen LogP contribution in [0.3, 0.4) is 0 Å². The number of carbonyl (C=O) groups is 2. The molecule has 0 aromatic heterocycles. The number of halogens is 1. The summed E-state index contributed by atoms with van der Waals surface area (Å²) in [5, 5.41) is 9.58. The van der Waals surface area contributed by atoms with Crippen molar-refractivity contribution in [2.24, 2.45) is 0 Å². The fourth-order valence-electron chi connectivity index (χ4n) is 2.56. The summed E-state index contributed by atoms with van der Waals surface area (Å²) in [5.41, 5.74) is 0.557. The number of esters is 2. The summed E-state index contributed by atoms with van der Waals surface area (Å²) in [6.07, 6.45) is -6.20. The van der Waals surface area contributed by atoms with E-state index in [0.29, 0.717) is 5.56 Å². The first-order chi connectivity index (χ1) is 12.6. The molecule has 0 saturated carbocycles. The largest absolute Gasteiger partial charge is 0.459 e. The highest BCUT2D eigenvalue weighted by atomic mass is 19.1. The summed E-state index contributed by atoms with van der Waals surface area (Å²) >= 11 is 0. The summed E-state index contributed by atoms with van der Waals surface area (Å²) in [6, 6.07) is 16.3. The van der Waals surface area contributed by atoms with Gasteiger partial charge in [-0.1, -0.05) is 36.4 Å². The molecule has 1 aliphatic rings. The van der Waals surface area contributed by atoms with E-state index < -0.39 is 36.6 Å². The van der Waals surface area contributed by atoms with Gasteiger partial charge < -0.3 is 19.3 Å². The van der Waals surface area contributed by atoms with Crippen molar-refractivity contribution in [3.8, 4) is 0 Å². The molecule has 1 N–H and O–H groups in total. The van der Waals surface area contributed by atoms with E-state index >= 15 is 0 Å². The Hall–Kier alpha value is -2.77. The normalized spacial score (nSPS) is 24.8. The summed E-state index contributed by atoms with van der Waals surface area (Å²) < 4.78 is 29.4. The van der Waals surface area contributed by atoms with Gasteiger partial charge in [0.2, 0.25) is 0 Å². The quantitative estimate of drug-likeness (QED) is 0.823. The Morgan fingerprint density at radius 3 is 2.08 bits per heavy atom. The van der Waals surface area contributed by atoms with Gasteiger partial charge in [-0.3, -0.25) is 0 Å². The zero-order valence-electron chi connectivity index (χ0n) is 13.7. The monoisotopic (exact) mass is 360 g/mol. The van der Waals surface area contributed by atoms with Crippen LogP contribution < -0.4 is 0 Å². The molecule has 2 aromatic carbocycles. The maximum atomic E-state index is 14.2. The van der Waals surface area contributed by atoms with Crippen molar-refractivity contribution in [1.82, 2.24) is 0 Å². The third kappa shape index (κ3) is 4.07. The van der Waals surface area contributed by atoms with Crippen LogP contribution in [0, 0.1) is 0 Å². The number of rotatable bonds is 5. The molecular formula is C19H17FO6. The molecule has 0 bridgehead atoms. The molecule has 6 nitrogen and oxygen atoms in total. The van der Waals surface area contributed by atoms with Crippen molar-refractivity contribution in [3.63, 3.8) is 0 Å². The van der Waals surface area contributed by atoms with Gasteiger partial charge in [0.25, 0.3) is 0 Å². The number of hydrogen-bond acceptors (Lipinski definition) is 6.